The summed E-state index contributed by atoms with van der Waals surface area (Å²) < 4.78 is 42.5. The maximum Gasteiger partial charge on any atom is 0.348 e. The quantitative estimate of drug-likeness (QED) is 0.483. The lowest BCUT2D eigenvalue weighted by Crippen LogP contribution is -2.41. The molecule has 23 heavy (non-hydrogen) atoms. The normalized spacial score (nSPS) is 16.7. The second-order valence-electron chi connectivity index (χ2n) is 5.40. The first-order valence-electron chi connectivity index (χ1n) is 7.03. The van der Waals surface area contributed by atoms with Crippen LogP contribution in [0.1, 0.15) is 32.8 Å². The first kappa shape index (κ1) is 16.9. The topological polar surface area (TPSA) is 61.8 Å². The summed E-state index contributed by atoms with van der Waals surface area (Å²) >= 11 is 0. The van der Waals surface area contributed by atoms with Gasteiger partial charge < -0.3 is 14.2 Å². The van der Waals surface area contributed by atoms with E-state index in [2.05, 4.69) is 0 Å². The summed E-state index contributed by atoms with van der Waals surface area (Å²) in [4.78, 5) is 23.6. The van der Waals surface area contributed by atoms with Crippen LogP contribution in [0.5, 0.6) is 5.75 Å². The zero-order valence-corrected chi connectivity index (χ0v) is 12.9. The van der Waals surface area contributed by atoms with Gasteiger partial charge in [0.2, 0.25) is 0 Å². The van der Waals surface area contributed by atoms with Crippen LogP contribution in [0.4, 0.5) is 8.78 Å². The van der Waals surface area contributed by atoms with E-state index in [1.807, 2.05) is 0 Å². The van der Waals surface area contributed by atoms with E-state index in [0.29, 0.717) is 6.42 Å². The van der Waals surface area contributed by atoms with Crippen molar-refractivity contribution in [3.05, 3.63) is 34.9 Å². The van der Waals surface area contributed by atoms with Crippen LogP contribution in [0.15, 0.2) is 17.7 Å². The molecule has 0 bridgehead atoms. The Balaban J connectivity index is 2.33. The van der Waals surface area contributed by atoms with Crippen molar-refractivity contribution in [1.29, 1.82) is 0 Å². The van der Waals surface area contributed by atoms with Crippen molar-refractivity contribution in [2.24, 2.45) is 0 Å². The molecule has 1 heterocycles. The predicted octanol–water partition coefficient (Wildman–Crippen LogP) is 2.97. The molecule has 7 heteroatoms. The van der Waals surface area contributed by atoms with Crippen LogP contribution >= 0.6 is 0 Å². The molecule has 1 aromatic carbocycles. The Kier molecular flexibility index (Phi) is 4.68. The van der Waals surface area contributed by atoms with Gasteiger partial charge in [0.1, 0.15) is 5.57 Å². The lowest BCUT2D eigenvalue weighted by Gasteiger charge is -2.29. The third kappa shape index (κ3) is 3.85. The van der Waals surface area contributed by atoms with Gasteiger partial charge in [0.15, 0.2) is 17.4 Å². The Hall–Kier alpha value is -2.44. The van der Waals surface area contributed by atoms with Gasteiger partial charge in [-0.1, -0.05) is 6.92 Å². The fourth-order valence-electron chi connectivity index (χ4n) is 1.95. The maximum absolute atomic E-state index is 13.9. The summed E-state index contributed by atoms with van der Waals surface area (Å²) in [6, 6.07) is 1.92. The fourth-order valence-corrected chi connectivity index (χ4v) is 1.95. The van der Waals surface area contributed by atoms with Crippen LogP contribution in [0.25, 0.3) is 6.08 Å². The van der Waals surface area contributed by atoms with Gasteiger partial charge in [0, 0.05) is 13.8 Å². The summed E-state index contributed by atoms with van der Waals surface area (Å²) in [5, 5.41) is 0. The van der Waals surface area contributed by atoms with Crippen LogP contribution in [0.2, 0.25) is 0 Å². The van der Waals surface area contributed by atoms with E-state index in [9.17, 15) is 18.4 Å². The minimum absolute atomic E-state index is 0.0209. The molecular formula is C16H16F2O5. The molecule has 1 aromatic rings. The number of halogens is 2. The zero-order chi connectivity index (χ0) is 17.2. The fraction of sp³-hybridized carbons (Fsp3) is 0.375. The van der Waals surface area contributed by atoms with Crippen molar-refractivity contribution >= 4 is 18.0 Å². The highest BCUT2D eigenvalue weighted by atomic mass is 19.1. The summed E-state index contributed by atoms with van der Waals surface area (Å²) in [7, 11) is 0. The van der Waals surface area contributed by atoms with E-state index >= 15 is 0 Å². The molecule has 0 N–H and O–H groups in total. The molecule has 0 spiro atoms. The number of esters is 2. The van der Waals surface area contributed by atoms with E-state index in [4.69, 9.17) is 14.2 Å². The van der Waals surface area contributed by atoms with Crippen molar-refractivity contribution in [3.8, 4) is 5.75 Å². The number of hydrogen-bond donors (Lipinski definition) is 0. The van der Waals surface area contributed by atoms with Gasteiger partial charge in [0.25, 0.3) is 5.79 Å². The molecule has 0 saturated carbocycles. The van der Waals surface area contributed by atoms with Gasteiger partial charge in [-0.2, -0.15) is 0 Å². The second kappa shape index (κ2) is 6.36. The third-order valence-electron chi connectivity index (χ3n) is 2.90. The molecule has 1 aliphatic heterocycles. The Morgan fingerprint density at radius 1 is 1.13 bits per heavy atom. The summed E-state index contributed by atoms with van der Waals surface area (Å²) in [6.07, 6.45) is 1.60. The van der Waals surface area contributed by atoms with Crippen LogP contribution < -0.4 is 4.74 Å². The van der Waals surface area contributed by atoms with E-state index < -0.39 is 40.7 Å². The van der Waals surface area contributed by atoms with E-state index in [-0.39, 0.29) is 12.2 Å². The highest BCUT2D eigenvalue weighted by Gasteiger charge is 2.38. The molecule has 0 radical (unpaired) electrons. The lowest BCUT2D eigenvalue weighted by molar-refractivity contribution is -0.222. The summed E-state index contributed by atoms with van der Waals surface area (Å²) in [5.41, 5.74) is -0.460. The van der Waals surface area contributed by atoms with Crippen LogP contribution in [-0.4, -0.2) is 24.3 Å². The number of carbonyl (C=O) groups excluding carboxylic acids is 2. The smallest absolute Gasteiger partial charge is 0.348 e. The largest absolute Gasteiger partial charge is 0.488 e. The van der Waals surface area contributed by atoms with Gasteiger partial charge in [0.05, 0.1) is 6.61 Å². The zero-order valence-electron chi connectivity index (χ0n) is 12.9. The van der Waals surface area contributed by atoms with Crippen molar-refractivity contribution < 1.29 is 32.6 Å². The molecule has 1 aliphatic rings. The summed E-state index contributed by atoms with van der Waals surface area (Å²) in [6.45, 7) is 4.77. The monoisotopic (exact) mass is 326 g/mol. The minimum atomic E-state index is -1.38. The second-order valence-corrected chi connectivity index (χ2v) is 5.40. The molecule has 5 nitrogen and oxygen atoms in total. The number of ether oxygens (including phenoxy) is 3. The first-order valence-corrected chi connectivity index (χ1v) is 7.03. The van der Waals surface area contributed by atoms with E-state index in [1.54, 1.807) is 6.92 Å². The summed E-state index contributed by atoms with van der Waals surface area (Å²) in [5.74, 6) is -5.56. The van der Waals surface area contributed by atoms with Crippen molar-refractivity contribution in [3.63, 3.8) is 0 Å². The average Bonchev–Trinajstić information content (AvgIpc) is 2.41. The van der Waals surface area contributed by atoms with E-state index in [0.717, 1.165) is 18.2 Å². The molecule has 0 unspecified atom stereocenters. The number of cyclic esters (lactones) is 2. The molecule has 0 aliphatic carbocycles. The van der Waals surface area contributed by atoms with Gasteiger partial charge in [-0.05, 0) is 30.2 Å². The molecule has 2 rings (SSSR count). The van der Waals surface area contributed by atoms with Gasteiger partial charge in [-0.25, -0.2) is 18.4 Å². The molecule has 0 amide bonds. The predicted molar refractivity (Wildman–Crippen MR) is 76.4 cm³/mol. The Morgan fingerprint density at radius 3 is 2.13 bits per heavy atom. The number of carbonyl (C=O) groups is 2. The van der Waals surface area contributed by atoms with Crippen LogP contribution in [-0.2, 0) is 19.1 Å². The molecule has 124 valence electrons. The van der Waals surface area contributed by atoms with Crippen LogP contribution in [0.3, 0.4) is 0 Å². The Morgan fingerprint density at radius 2 is 1.65 bits per heavy atom. The van der Waals surface area contributed by atoms with Gasteiger partial charge in [-0.15, -0.1) is 0 Å². The highest BCUT2D eigenvalue weighted by molar-refractivity contribution is 6.18. The van der Waals surface area contributed by atoms with Gasteiger partial charge in [-0.3, -0.25) is 0 Å². The van der Waals surface area contributed by atoms with Crippen molar-refractivity contribution in [2.75, 3.05) is 6.61 Å². The lowest BCUT2D eigenvalue weighted by atomic mass is 10.1. The van der Waals surface area contributed by atoms with Crippen molar-refractivity contribution in [2.45, 2.75) is 33.0 Å². The van der Waals surface area contributed by atoms with Gasteiger partial charge >= 0.3 is 11.9 Å². The van der Waals surface area contributed by atoms with E-state index in [1.165, 1.54) is 13.8 Å². The highest BCUT2D eigenvalue weighted by Crippen LogP contribution is 2.27. The Bertz CT molecular complexity index is 634. The van der Waals surface area contributed by atoms with Crippen molar-refractivity contribution in [1.82, 2.24) is 0 Å². The molecule has 0 aromatic heterocycles. The maximum atomic E-state index is 13.9. The first-order chi connectivity index (χ1) is 10.7. The number of rotatable bonds is 4. The molecular weight excluding hydrogens is 310 g/mol. The van der Waals surface area contributed by atoms with Crippen LogP contribution in [0, 0.1) is 11.6 Å². The minimum Gasteiger partial charge on any atom is -0.488 e. The average molecular weight is 326 g/mol. The molecule has 1 saturated heterocycles. The number of hydrogen-bond acceptors (Lipinski definition) is 5. The number of benzene rings is 1. The standard InChI is InChI=1S/C16H16F2O5/c1-4-5-21-13-11(17)7-9(8-12(13)18)6-10-14(19)22-16(2,3)23-15(10)20/h6-8H,4-5H2,1-3H3. The third-order valence-corrected chi connectivity index (χ3v) is 2.90. The molecule has 0 atom stereocenters. The molecule has 1 fully saturated rings. The SMILES string of the molecule is CCCOc1c(F)cc(C=C2C(=O)OC(C)(C)OC2=O)cc1F. The Labute approximate surface area is 131 Å².